The number of para-hydroxylation sites is 1. The second kappa shape index (κ2) is 6.95. The maximum atomic E-state index is 9.34. The van der Waals surface area contributed by atoms with Crippen molar-refractivity contribution in [2.24, 2.45) is 0 Å². The third-order valence-corrected chi connectivity index (χ3v) is 5.32. The lowest BCUT2D eigenvalue weighted by Crippen LogP contribution is -2.46. The summed E-state index contributed by atoms with van der Waals surface area (Å²) in [4.78, 5) is 13.9. The van der Waals surface area contributed by atoms with Crippen LogP contribution in [0.3, 0.4) is 0 Å². The fourth-order valence-corrected chi connectivity index (χ4v) is 3.92. The second-order valence-corrected chi connectivity index (χ2v) is 7.12. The zero-order valence-electron chi connectivity index (χ0n) is 15.5. The SMILES string of the molecule is N#Cc1cc(N2CCN(Cc3cn4ccccc4n3)CC2)c2ccccc2n1. The van der Waals surface area contributed by atoms with Crippen LogP contribution in [0.2, 0.25) is 0 Å². The molecular formula is C22H20N6. The molecule has 0 amide bonds. The highest BCUT2D eigenvalue weighted by Gasteiger charge is 2.20. The van der Waals surface area contributed by atoms with Crippen LogP contribution in [-0.4, -0.2) is 45.4 Å². The molecule has 1 aliphatic heterocycles. The molecule has 1 fully saturated rings. The largest absolute Gasteiger partial charge is 0.368 e. The molecule has 1 saturated heterocycles. The van der Waals surface area contributed by atoms with Gasteiger partial charge in [0.15, 0.2) is 0 Å². The van der Waals surface area contributed by atoms with Crippen LogP contribution in [-0.2, 0) is 6.54 Å². The van der Waals surface area contributed by atoms with Gasteiger partial charge in [0, 0.05) is 56.2 Å². The van der Waals surface area contributed by atoms with Crippen molar-refractivity contribution in [3.05, 3.63) is 72.3 Å². The molecule has 0 aliphatic carbocycles. The number of aromatic nitrogens is 3. The predicted molar refractivity (Wildman–Crippen MR) is 109 cm³/mol. The number of hydrogen-bond donors (Lipinski definition) is 0. The molecule has 3 aromatic heterocycles. The first-order valence-electron chi connectivity index (χ1n) is 9.50. The van der Waals surface area contributed by atoms with Crippen molar-refractivity contribution in [2.45, 2.75) is 6.54 Å². The van der Waals surface area contributed by atoms with E-state index in [0.717, 1.165) is 60.7 Å². The van der Waals surface area contributed by atoms with Crippen molar-refractivity contribution < 1.29 is 0 Å². The molecule has 0 N–H and O–H groups in total. The lowest BCUT2D eigenvalue weighted by molar-refractivity contribution is 0.247. The van der Waals surface area contributed by atoms with E-state index in [4.69, 9.17) is 4.98 Å². The highest BCUT2D eigenvalue weighted by atomic mass is 15.3. The van der Waals surface area contributed by atoms with Gasteiger partial charge in [0.05, 0.1) is 11.2 Å². The van der Waals surface area contributed by atoms with Gasteiger partial charge in [0.1, 0.15) is 17.4 Å². The fraction of sp³-hybridized carbons (Fsp3) is 0.227. The Kier molecular flexibility index (Phi) is 4.15. The zero-order valence-corrected chi connectivity index (χ0v) is 15.5. The molecule has 0 atom stereocenters. The lowest BCUT2D eigenvalue weighted by Gasteiger charge is -2.36. The number of anilines is 1. The molecule has 0 radical (unpaired) electrons. The van der Waals surface area contributed by atoms with Crippen molar-refractivity contribution in [3.8, 4) is 6.07 Å². The van der Waals surface area contributed by atoms with Gasteiger partial charge in [-0.15, -0.1) is 0 Å². The van der Waals surface area contributed by atoms with Crippen LogP contribution >= 0.6 is 0 Å². The normalized spacial score (nSPS) is 15.2. The average molecular weight is 368 g/mol. The van der Waals surface area contributed by atoms with Crippen LogP contribution in [0.4, 0.5) is 5.69 Å². The summed E-state index contributed by atoms with van der Waals surface area (Å²) in [7, 11) is 0. The smallest absolute Gasteiger partial charge is 0.143 e. The van der Waals surface area contributed by atoms with E-state index >= 15 is 0 Å². The monoisotopic (exact) mass is 368 g/mol. The number of nitriles is 1. The average Bonchev–Trinajstić information content (AvgIpc) is 3.16. The Bertz CT molecular complexity index is 1150. The number of hydrogen-bond acceptors (Lipinski definition) is 5. The molecule has 1 aliphatic rings. The Balaban J connectivity index is 1.33. The number of rotatable bonds is 3. The minimum atomic E-state index is 0.473. The summed E-state index contributed by atoms with van der Waals surface area (Å²) in [6, 6.07) is 18.2. The van der Waals surface area contributed by atoms with E-state index in [1.165, 1.54) is 0 Å². The summed E-state index contributed by atoms with van der Waals surface area (Å²) in [6.45, 7) is 4.63. The van der Waals surface area contributed by atoms with E-state index in [9.17, 15) is 5.26 Å². The number of imidazole rings is 1. The first-order chi connectivity index (χ1) is 13.8. The van der Waals surface area contributed by atoms with Crippen molar-refractivity contribution in [2.75, 3.05) is 31.1 Å². The Morgan fingerprint density at radius 1 is 0.964 bits per heavy atom. The standard InChI is InChI=1S/C22H20N6/c23-14-17-13-21(19-5-1-2-6-20(19)24-17)27-11-9-26(10-12-27)15-18-16-28-8-4-3-7-22(28)25-18/h1-8,13,16H,9-12,15H2. The predicted octanol–water partition coefficient (Wildman–Crippen LogP) is 3.08. The van der Waals surface area contributed by atoms with Gasteiger partial charge in [-0.25, -0.2) is 9.97 Å². The van der Waals surface area contributed by atoms with Gasteiger partial charge in [0.25, 0.3) is 0 Å². The molecule has 6 heteroatoms. The highest BCUT2D eigenvalue weighted by Crippen LogP contribution is 2.27. The van der Waals surface area contributed by atoms with Crippen molar-refractivity contribution >= 4 is 22.2 Å². The number of fused-ring (bicyclic) bond motifs is 2. The van der Waals surface area contributed by atoms with Crippen LogP contribution in [0.5, 0.6) is 0 Å². The molecule has 4 aromatic rings. The summed E-state index contributed by atoms with van der Waals surface area (Å²) >= 11 is 0. The van der Waals surface area contributed by atoms with Crippen molar-refractivity contribution in [1.29, 1.82) is 5.26 Å². The van der Waals surface area contributed by atoms with Gasteiger partial charge >= 0.3 is 0 Å². The molecule has 0 saturated carbocycles. The van der Waals surface area contributed by atoms with Gasteiger partial charge in [-0.3, -0.25) is 4.90 Å². The molecule has 0 bridgehead atoms. The van der Waals surface area contributed by atoms with Crippen LogP contribution in [0, 0.1) is 11.3 Å². The summed E-state index contributed by atoms with van der Waals surface area (Å²) in [5, 5.41) is 10.4. The Labute approximate surface area is 163 Å². The molecule has 5 rings (SSSR count). The first-order valence-corrected chi connectivity index (χ1v) is 9.50. The van der Waals surface area contributed by atoms with Crippen LogP contribution in [0.15, 0.2) is 60.9 Å². The third-order valence-electron chi connectivity index (χ3n) is 5.32. The summed E-state index contributed by atoms with van der Waals surface area (Å²) in [5.74, 6) is 0. The Morgan fingerprint density at radius 2 is 1.79 bits per heavy atom. The Hall–Kier alpha value is -3.43. The number of nitrogens with zero attached hydrogens (tertiary/aromatic N) is 6. The van der Waals surface area contributed by atoms with Gasteiger partial charge in [-0.1, -0.05) is 24.3 Å². The van der Waals surface area contributed by atoms with Gasteiger partial charge in [0.2, 0.25) is 0 Å². The number of benzene rings is 1. The minimum Gasteiger partial charge on any atom is -0.368 e. The van der Waals surface area contributed by atoms with Crippen LogP contribution in [0.1, 0.15) is 11.4 Å². The van der Waals surface area contributed by atoms with E-state index < -0.39 is 0 Å². The highest BCUT2D eigenvalue weighted by molar-refractivity contribution is 5.92. The van der Waals surface area contributed by atoms with E-state index in [2.05, 4.69) is 37.5 Å². The molecule has 0 spiro atoms. The third kappa shape index (κ3) is 3.06. The molecule has 1 aromatic carbocycles. The quantitative estimate of drug-likeness (QED) is 0.556. The molecule has 6 nitrogen and oxygen atoms in total. The maximum Gasteiger partial charge on any atom is 0.143 e. The molecule has 28 heavy (non-hydrogen) atoms. The summed E-state index contributed by atoms with van der Waals surface area (Å²) in [6.07, 6.45) is 4.14. The maximum absolute atomic E-state index is 9.34. The van der Waals surface area contributed by atoms with Gasteiger partial charge in [-0.05, 0) is 24.3 Å². The first kappa shape index (κ1) is 16.7. The van der Waals surface area contributed by atoms with Gasteiger partial charge in [-0.2, -0.15) is 5.26 Å². The van der Waals surface area contributed by atoms with E-state index in [-0.39, 0.29) is 0 Å². The number of piperazine rings is 1. The minimum absolute atomic E-state index is 0.473. The Morgan fingerprint density at radius 3 is 2.61 bits per heavy atom. The zero-order chi connectivity index (χ0) is 18.9. The molecule has 4 heterocycles. The van der Waals surface area contributed by atoms with Crippen molar-refractivity contribution in [3.63, 3.8) is 0 Å². The van der Waals surface area contributed by atoms with E-state index in [0.29, 0.717) is 5.69 Å². The van der Waals surface area contributed by atoms with E-state index in [1.807, 2.05) is 48.7 Å². The fourth-order valence-electron chi connectivity index (χ4n) is 3.92. The second-order valence-electron chi connectivity index (χ2n) is 7.12. The van der Waals surface area contributed by atoms with Crippen molar-refractivity contribution in [1.82, 2.24) is 19.3 Å². The lowest BCUT2D eigenvalue weighted by atomic mass is 10.1. The van der Waals surface area contributed by atoms with Crippen LogP contribution in [0.25, 0.3) is 16.6 Å². The topological polar surface area (TPSA) is 60.5 Å². The summed E-state index contributed by atoms with van der Waals surface area (Å²) in [5.41, 5.74) is 4.54. The molecule has 138 valence electrons. The molecule has 0 unspecified atom stereocenters. The number of pyridine rings is 2. The van der Waals surface area contributed by atoms with E-state index in [1.54, 1.807) is 0 Å². The van der Waals surface area contributed by atoms with Crippen LogP contribution < -0.4 is 4.90 Å². The molecular weight excluding hydrogens is 348 g/mol. The van der Waals surface area contributed by atoms with Gasteiger partial charge < -0.3 is 9.30 Å². The summed E-state index contributed by atoms with van der Waals surface area (Å²) < 4.78 is 2.07.